The molecule has 4 rings (SSSR count). The molecule has 6 heteroatoms. The Bertz CT molecular complexity index is 1050. The monoisotopic (exact) mass is 392 g/mol. The lowest BCUT2D eigenvalue weighted by Gasteiger charge is -2.32. The van der Waals surface area contributed by atoms with Crippen molar-refractivity contribution in [1.29, 1.82) is 0 Å². The lowest BCUT2D eigenvalue weighted by Crippen LogP contribution is -2.41. The summed E-state index contributed by atoms with van der Waals surface area (Å²) in [6.07, 6.45) is 1.87. The van der Waals surface area contributed by atoms with Crippen LogP contribution in [0.25, 0.3) is 11.0 Å². The number of amides is 1. The summed E-state index contributed by atoms with van der Waals surface area (Å²) in [4.78, 5) is 30.2. The number of benzene rings is 2. The predicted molar refractivity (Wildman–Crippen MR) is 116 cm³/mol. The Hall–Kier alpha value is -2.86. The number of hydrogen-bond acceptors (Lipinski definition) is 3. The van der Waals surface area contributed by atoms with Gasteiger partial charge in [0.1, 0.15) is 0 Å². The standard InChI is InChI=1S/C23H28N4O2/c1-16-6-5-7-17(2)21(16)22(28)24-12-15-26-13-10-18(11-14-26)27-20-9-4-3-8-19(20)25-23(27)29/h3-9,18H,10-15H2,1-2H3,(H,24,28)(H,25,29). The van der Waals surface area contributed by atoms with Crippen LogP contribution in [0.1, 0.15) is 40.4 Å². The van der Waals surface area contributed by atoms with Gasteiger partial charge < -0.3 is 15.2 Å². The van der Waals surface area contributed by atoms with Crippen LogP contribution < -0.4 is 11.0 Å². The van der Waals surface area contributed by atoms with Crippen molar-refractivity contribution >= 4 is 16.9 Å². The zero-order valence-electron chi connectivity index (χ0n) is 17.1. The molecule has 2 N–H and O–H groups in total. The molecule has 6 nitrogen and oxygen atoms in total. The van der Waals surface area contributed by atoms with Crippen molar-refractivity contribution in [1.82, 2.24) is 19.8 Å². The molecule has 0 saturated carbocycles. The van der Waals surface area contributed by atoms with Crippen molar-refractivity contribution in [3.8, 4) is 0 Å². The third kappa shape index (κ3) is 3.98. The first-order valence-electron chi connectivity index (χ1n) is 10.3. The first-order chi connectivity index (χ1) is 14.0. The molecule has 0 aliphatic carbocycles. The van der Waals surface area contributed by atoms with Crippen LogP contribution in [0.4, 0.5) is 0 Å². The molecule has 0 atom stereocenters. The van der Waals surface area contributed by atoms with Gasteiger partial charge in [-0.05, 0) is 49.9 Å². The number of hydrogen-bond donors (Lipinski definition) is 2. The molecule has 3 aromatic rings. The van der Waals surface area contributed by atoms with E-state index >= 15 is 0 Å². The third-order valence-corrected chi connectivity index (χ3v) is 5.97. The van der Waals surface area contributed by atoms with Gasteiger partial charge in [-0.15, -0.1) is 0 Å². The van der Waals surface area contributed by atoms with E-state index in [4.69, 9.17) is 0 Å². The van der Waals surface area contributed by atoms with Gasteiger partial charge in [0, 0.05) is 37.8 Å². The number of rotatable bonds is 5. The van der Waals surface area contributed by atoms with E-state index in [1.807, 2.05) is 60.9 Å². The molecule has 1 aliphatic rings. The maximum Gasteiger partial charge on any atom is 0.326 e. The summed E-state index contributed by atoms with van der Waals surface area (Å²) in [5.41, 5.74) is 4.65. The van der Waals surface area contributed by atoms with Crippen molar-refractivity contribution in [2.75, 3.05) is 26.2 Å². The van der Waals surface area contributed by atoms with Gasteiger partial charge in [-0.1, -0.05) is 30.3 Å². The summed E-state index contributed by atoms with van der Waals surface area (Å²) in [5.74, 6) is 0.000769. The highest BCUT2D eigenvalue weighted by Gasteiger charge is 2.23. The van der Waals surface area contributed by atoms with E-state index in [9.17, 15) is 9.59 Å². The van der Waals surface area contributed by atoms with Crippen molar-refractivity contribution in [3.05, 3.63) is 69.6 Å². The van der Waals surface area contributed by atoms with E-state index in [1.165, 1.54) is 0 Å². The molecule has 1 aromatic heterocycles. The van der Waals surface area contributed by atoms with Gasteiger partial charge in [0.2, 0.25) is 0 Å². The molecule has 0 bridgehead atoms. The number of nitrogens with one attached hydrogen (secondary N) is 2. The predicted octanol–water partition coefficient (Wildman–Crippen LogP) is 3.01. The molecule has 1 fully saturated rings. The second-order valence-electron chi connectivity index (χ2n) is 7.91. The van der Waals surface area contributed by atoms with Crippen LogP contribution in [0, 0.1) is 13.8 Å². The average Bonchev–Trinajstić information content (AvgIpc) is 3.04. The molecule has 1 amide bonds. The van der Waals surface area contributed by atoms with E-state index < -0.39 is 0 Å². The van der Waals surface area contributed by atoms with E-state index in [1.54, 1.807) is 0 Å². The Morgan fingerprint density at radius 3 is 2.48 bits per heavy atom. The van der Waals surface area contributed by atoms with Crippen LogP contribution >= 0.6 is 0 Å². The summed E-state index contributed by atoms with van der Waals surface area (Å²) in [6, 6.07) is 14.0. The number of H-pyrrole nitrogens is 1. The second kappa shape index (κ2) is 8.25. The van der Waals surface area contributed by atoms with Crippen LogP contribution in [0.15, 0.2) is 47.3 Å². The number of aromatic amines is 1. The van der Waals surface area contributed by atoms with Gasteiger partial charge in [-0.2, -0.15) is 0 Å². The van der Waals surface area contributed by atoms with E-state index in [0.717, 1.165) is 60.2 Å². The minimum atomic E-state index is -0.0227. The Kier molecular flexibility index (Phi) is 5.53. The van der Waals surface area contributed by atoms with Gasteiger partial charge in [-0.25, -0.2) is 4.79 Å². The zero-order valence-corrected chi connectivity index (χ0v) is 17.1. The minimum Gasteiger partial charge on any atom is -0.351 e. The number of carbonyl (C=O) groups is 1. The number of carbonyl (C=O) groups excluding carboxylic acids is 1. The molecule has 0 unspecified atom stereocenters. The first kappa shape index (κ1) is 19.5. The molecule has 152 valence electrons. The highest BCUT2D eigenvalue weighted by Crippen LogP contribution is 2.24. The van der Waals surface area contributed by atoms with Gasteiger partial charge in [0.25, 0.3) is 5.91 Å². The van der Waals surface area contributed by atoms with E-state index in [0.29, 0.717) is 6.54 Å². The Morgan fingerprint density at radius 2 is 1.76 bits per heavy atom. The fourth-order valence-electron chi connectivity index (χ4n) is 4.43. The van der Waals surface area contributed by atoms with Crippen molar-refractivity contribution in [2.24, 2.45) is 0 Å². The number of likely N-dealkylation sites (tertiary alicyclic amines) is 1. The molecule has 29 heavy (non-hydrogen) atoms. The maximum atomic E-state index is 12.5. The maximum absolute atomic E-state index is 12.5. The summed E-state index contributed by atoms with van der Waals surface area (Å²) < 4.78 is 1.91. The Morgan fingerprint density at radius 1 is 1.07 bits per heavy atom. The smallest absolute Gasteiger partial charge is 0.326 e. The Labute approximate surface area is 170 Å². The number of para-hydroxylation sites is 2. The van der Waals surface area contributed by atoms with Crippen molar-refractivity contribution < 1.29 is 4.79 Å². The second-order valence-corrected chi connectivity index (χ2v) is 7.91. The fourth-order valence-corrected chi connectivity index (χ4v) is 4.43. The number of aryl methyl sites for hydroxylation is 2. The quantitative estimate of drug-likeness (QED) is 0.701. The van der Waals surface area contributed by atoms with Crippen LogP contribution in [-0.4, -0.2) is 46.5 Å². The van der Waals surface area contributed by atoms with Crippen LogP contribution in [0.2, 0.25) is 0 Å². The van der Waals surface area contributed by atoms with Crippen molar-refractivity contribution in [3.63, 3.8) is 0 Å². The molecule has 1 saturated heterocycles. The third-order valence-electron chi connectivity index (χ3n) is 5.97. The largest absolute Gasteiger partial charge is 0.351 e. The Balaban J connectivity index is 1.31. The highest BCUT2D eigenvalue weighted by atomic mass is 16.2. The summed E-state index contributed by atoms with van der Waals surface area (Å²) >= 11 is 0. The summed E-state index contributed by atoms with van der Waals surface area (Å²) in [6.45, 7) is 7.25. The van der Waals surface area contributed by atoms with Crippen LogP contribution in [0.5, 0.6) is 0 Å². The lowest BCUT2D eigenvalue weighted by atomic mass is 10.0. The number of piperidine rings is 1. The zero-order chi connectivity index (χ0) is 20.4. The molecule has 2 heterocycles. The molecular weight excluding hydrogens is 364 g/mol. The minimum absolute atomic E-state index is 0.000769. The van der Waals surface area contributed by atoms with Crippen molar-refractivity contribution in [2.45, 2.75) is 32.7 Å². The fraction of sp³-hybridized carbons (Fsp3) is 0.391. The number of fused-ring (bicyclic) bond motifs is 1. The average molecular weight is 393 g/mol. The molecular formula is C23H28N4O2. The lowest BCUT2D eigenvalue weighted by molar-refractivity contribution is 0.0943. The molecule has 1 aliphatic heterocycles. The van der Waals surface area contributed by atoms with Gasteiger partial charge in [-0.3, -0.25) is 9.36 Å². The summed E-state index contributed by atoms with van der Waals surface area (Å²) in [5, 5.41) is 3.06. The number of aromatic nitrogens is 2. The molecule has 0 spiro atoms. The SMILES string of the molecule is Cc1cccc(C)c1C(=O)NCCN1CCC(n2c(=O)[nH]c3ccccc32)CC1. The summed E-state index contributed by atoms with van der Waals surface area (Å²) in [7, 11) is 0. The van der Waals surface area contributed by atoms with Crippen LogP contribution in [-0.2, 0) is 0 Å². The van der Waals surface area contributed by atoms with E-state index in [2.05, 4.69) is 15.2 Å². The topological polar surface area (TPSA) is 70.1 Å². The van der Waals surface area contributed by atoms with Crippen LogP contribution in [0.3, 0.4) is 0 Å². The normalized spacial score (nSPS) is 15.7. The van der Waals surface area contributed by atoms with Gasteiger partial charge in [0.15, 0.2) is 0 Å². The highest BCUT2D eigenvalue weighted by molar-refractivity contribution is 5.97. The van der Waals surface area contributed by atoms with E-state index in [-0.39, 0.29) is 17.6 Å². The van der Waals surface area contributed by atoms with Gasteiger partial charge >= 0.3 is 5.69 Å². The number of nitrogens with zero attached hydrogens (tertiary/aromatic N) is 2. The number of imidazole rings is 1. The molecule has 0 radical (unpaired) electrons. The molecule has 2 aromatic carbocycles. The first-order valence-corrected chi connectivity index (χ1v) is 10.3. The van der Waals surface area contributed by atoms with Gasteiger partial charge in [0.05, 0.1) is 11.0 Å².